The molecule has 0 aliphatic heterocycles. The van der Waals surface area contributed by atoms with E-state index in [0.29, 0.717) is 5.92 Å². The van der Waals surface area contributed by atoms with Crippen molar-refractivity contribution in [2.24, 2.45) is 5.92 Å². The lowest BCUT2D eigenvalue weighted by atomic mass is 9.97. The van der Waals surface area contributed by atoms with Gasteiger partial charge in [0.2, 0.25) is 0 Å². The highest BCUT2D eigenvalue weighted by atomic mass is 79.9. The molecule has 0 amide bonds. The summed E-state index contributed by atoms with van der Waals surface area (Å²) in [6, 6.07) is 0. The Hall–Kier alpha value is -0.0400. The zero-order valence-electron chi connectivity index (χ0n) is 5.69. The van der Waals surface area contributed by atoms with E-state index in [1.165, 1.54) is 10.4 Å². The maximum atomic E-state index is 3.52. The zero-order valence-corrected chi connectivity index (χ0v) is 7.27. The van der Waals surface area contributed by atoms with Crippen molar-refractivity contribution in [3.05, 3.63) is 28.6 Å². The number of rotatable bonds is 0. The molecule has 0 fully saturated rings. The molecule has 1 aliphatic rings. The molecule has 0 saturated carbocycles. The molecule has 9 heavy (non-hydrogen) atoms. The van der Waals surface area contributed by atoms with Crippen LogP contribution in [0.2, 0.25) is 0 Å². The molecule has 0 aromatic heterocycles. The molecule has 0 aromatic rings. The molecule has 1 heteroatoms. The maximum absolute atomic E-state index is 3.52. The molecule has 0 nitrogen and oxygen atoms in total. The van der Waals surface area contributed by atoms with Crippen LogP contribution >= 0.6 is 15.9 Å². The summed E-state index contributed by atoms with van der Waals surface area (Å²) in [6.07, 6.45) is 6.39. The first-order valence-electron chi connectivity index (χ1n) is 3.09. The Morgan fingerprint density at radius 1 is 1.56 bits per heavy atom. The minimum atomic E-state index is 0.565. The highest BCUT2D eigenvalue weighted by Crippen LogP contribution is 2.32. The summed E-state index contributed by atoms with van der Waals surface area (Å²) >= 11 is 3.52. The van der Waals surface area contributed by atoms with Crippen LogP contribution in [0.5, 0.6) is 0 Å². The molecule has 1 unspecified atom stereocenters. The van der Waals surface area contributed by atoms with Crippen molar-refractivity contribution < 1.29 is 0 Å². The quantitative estimate of drug-likeness (QED) is 0.545. The molecule has 1 aliphatic carbocycles. The summed E-state index contributed by atoms with van der Waals surface area (Å²) in [5, 5.41) is 0. The highest BCUT2D eigenvalue weighted by Gasteiger charge is 2.15. The summed E-state index contributed by atoms with van der Waals surface area (Å²) in [4.78, 5) is 1.31. The average Bonchev–Trinajstić information content (AvgIpc) is 1.83. The lowest BCUT2D eigenvalue weighted by Crippen LogP contribution is -2.03. The van der Waals surface area contributed by atoms with Crippen LogP contribution < -0.4 is 0 Å². The number of hydrogen-bond donors (Lipinski definition) is 0. The molecule has 1 radical (unpaired) electrons. The predicted octanol–water partition coefficient (Wildman–Crippen LogP) is 3.07. The Balaban J connectivity index is 2.73. The Labute approximate surface area is 64.8 Å². The molecule has 0 aromatic carbocycles. The summed E-state index contributed by atoms with van der Waals surface area (Å²) < 4.78 is 0. The molecule has 1 rings (SSSR count). The summed E-state index contributed by atoms with van der Waals surface area (Å²) in [5.41, 5.74) is 1.34. The van der Waals surface area contributed by atoms with Gasteiger partial charge in [0, 0.05) is 0 Å². The fraction of sp³-hybridized carbons (Fsp3) is 0.375. The summed E-state index contributed by atoms with van der Waals surface area (Å²) in [7, 11) is 0. The summed E-state index contributed by atoms with van der Waals surface area (Å²) in [5.74, 6) is 0.565. The third-order valence-electron chi connectivity index (χ3n) is 1.52. The van der Waals surface area contributed by atoms with Crippen LogP contribution in [-0.2, 0) is 0 Å². The monoisotopic (exact) mass is 185 g/mol. The van der Waals surface area contributed by atoms with Crippen molar-refractivity contribution in [3.63, 3.8) is 0 Å². The van der Waals surface area contributed by atoms with Crippen LogP contribution in [0.3, 0.4) is 0 Å². The van der Waals surface area contributed by atoms with Gasteiger partial charge in [0.1, 0.15) is 0 Å². The minimum absolute atomic E-state index is 0.565. The lowest BCUT2D eigenvalue weighted by Gasteiger charge is -2.17. The first kappa shape index (κ1) is 7.07. The standard InChI is InChI=1S/C8H10Br/c1-6-4-3-5-7(2)8(6)9/h3-6H,1-2H3. The van der Waals surface area contributed by atoms with Crippen molar-refractivity contribution in [2.45, 2.75) is 13.8 Å². The fourth-order valence-electron chi connectivity index (χ4n) is 0.890. The van der Waals surface area contributed by atoms with Crippen LogP contribution in [0.4, 0.5) is 0 Å². The van der Waals surface area contributed by atoms with Gasteiger partial charge in [-0.2, -0.15) is 0 Å². The van der Waals surface area contributed by atoms with Crippen LogP contribution in [0.15, 0.2) is 23.8 Å². The third-order valence-corrected chi connectivity index (χ3v) is 2.87. The number of halogens is 1. The van der Waals surface area contributed by atoms with Crippen molar-refractivity contribution in [3.8, 4) is 0 Å². The van der Waals surface area contributed by atoms with Gasteiger partial charge in [-0.05, 0) is 12.8 Å². The second-order valence-corrected chi connectivity index (χ2v) is 3.23. The number of hydrogen-bond acceptors (Lipinski definition) is 0. The smallest absolute Gasteiger partial charge is 0.0722 e. The number of allylic oxidation sites excluding steroid dienone is 4. The third kappa shape index (κ3) is 1.45. The van der Waals surface area contributed by atoms with E-state index in [2.05, 4.69) is 48.0 Å². The van der Waals surface area contributed by atoms with E-state index in [4.69, 9.17) is 0 Å². The van der Waals surface area contributed by atoms with Crippen LogP contribution in [0.1, 0.15) is 13.8 Å². The first-order valence-corrected chi connectivity index (χ1v) is 3.89. The predicted molar refractivity (Wildman–Crippen MR) is 44.2 cm³/mol. The Bertz CT molecular complexity index is 156. The maximum Gasteiger partial charge on any atom is 0.0722 e. The topological polar surface area (TPSA) is 0 Å². The SMILES string of the molecule is CC1=CC=CC(C)[C]1Br. The van der Waals surface area contributed by atoms with Gasteiger partial charge in [-0.1, -0.05) is 46.7 Å². The molecular formula is C8H10Br. The van der Waals surface area contributed by atoms with E-state index in [9.17, 15) is 0 Å². The molecular weight excluding hydrogens is 176 g/mol. The Kier molecular flexibility index (Phi) is 2.12. The normalized spacial score (nSPS) is 28.3. The van der Waals surface area contributed by atoms with E-state index in [0.717, 1.165) is 0 Å². The van der Waals surface area contributed by atoms with Crippen LogP contribution in [-0.4, -0.2) is 0 Å². The van der Waals surface area contributed by atoms with Gasteiger partial charge in [0.25, 0.3) is 0 Å². The van der Waals surface area contributed by atoms with Crippen molar-refractivity contribution in [2.75, 3.05) is 0 Å². The molecule has 0 bridgehead atoms. The molecule has 0 spiro atoms. The Morgan fingerprint density at radius 2 is 2.22 bits per heavy atom. The van der Waals surface area contributed by atoms with Crippen LogP contribution in [0.25, 0.3) is 0 Å². The average molecular weight is 186 g/mol. The van der Waals surface area contributed by atoms with Crippen molar-refractivity contribution in [1.82, 2.24) is 0 Å². The van der Waals surface area contributed by atoms with Gasteiger partial charge in [0.05, 0.1) is 4.83 Å². The van der Waals surface area contributed by atoms with Crippen molar-refractivity contribution >= 4 is 15.9 Å². The van der Waals surface area contributed by atoms with Gasteiger partial charge < -0.3 is 0 Å². The first-order chi connectivity index (χ1) is 4.22. The van der Waals surface area contributed by atoms with Crippen LogP contribution in [0, 0.1) is 10.7 Å². The molecule has 49 valence electrons. The molecule has 0 heterocycles. The fourth-order valence-corrected chi connectivity index (χ4v) is 1.17. The van der Waals surface area contributed by atoms with E-state index in [1.807, 2.05) is 0 Å². The largest absolute Gasteiger partial charge is 0.0799 e. The van der Waals surface area contributed by atoms with E-state index < -0.39 is 0 Å². The van der Waals surface area contributed by atoms with Gasteiger partial charge in [-0.25, -0.2) is 0 Å². The van der Waals surface area contributed by atoms with Gasteiger partial charge >= 0.3 is 0 Å². The second-order valence-electron chi connectivity index (χ2n) is 2.37. The highest BCUT2D eigenvalue weighted by molar-refractivity contribution is 9.11. The van der Waals surface area contributed by atoms with Crippen molar-refractivity contribution in [1.29, 1.82) is 0 Å². The molecule has 0 saturated heterocycles. The second kappa shape index (κ2) is 2.70. The van der Waals surface area contributed by atoms with Gasteiger partial charge in [-0.3, -0.25) is 0 Å². The van der Waals surface area contributed by atoms with E-state index >= 15 is 0 Å². The molecule has 0 N–H and O–H groups in total. The summed E-state index contributed by atoms with van der Waals surface area (Å²) in [6.45, 7) is 4.29. The Morgan fingerprint density at radius 3 is 2.67 bits per heavy atom. The lowest BCUT2D eigenvalue weighted by molar-refractivity contribution is 0.835. The van der Waals surface area contributed by atoms with Gasteiger partial charge in [-0.15, -0.1) is 0 Å². The van der Waals surface area contributed by atoms with E-state index in [-0.39, 0.29) is 0 Å². The minimum Gasteiger partial charge on any atom is -0.0799 e. The zero-order chi connectivity index (χ0) is 6.85. The van der Waals surface area contributed by atoms with Gasteiger partial charge in [0.15, 0.2) is 0 Å². The molecule has 1 atom stereocenters. The van der Waals surface area contributed by atoms with E-state index in [1.54, 1.807) is 0 Å².